The molecule has 0 saturated heterocycles. The number of methoxy groups -OCH3 is 2. The zero-order chi connectivity index (χ0) is 28.7. The molecule has 0 saturated carbocycles. The number of aromatic hydroxyl groups is 2. The van der Waals surface area contributed by atoms with Crippen LogP contribution in [-0.4, -0.2) is 59.6 Å². The second kappa shape index (κ2) is 19.8. The maximum Gasteiger partial charge on any atom is 2.00 e. The van der Waals surface area contributed by atoms with Crippen molar-refractivity contribution in [2.24, 2.45) is 20.4 Å². The minimum absolute atomic E-state index is 0. The summed E-state index contributed by atoms with van der Waals surface area (Å²) < 4.78 is 10.1. The van der Waals surface area contributed by atoms with E-state index in [9.17, 15) is 20.4 Å². The van der Waals surface area contributed by atoms with Crippen molar-refractivity contribution < 1.29 is 57.9 Å². The van der Waals surface area contributed by atoms with Gasteiger partial charge in [0.1, 0.15) is 23.0 Å². The van der Waals surface area contributed by atoms with Crippen LogP contribution in [0.1, 0.15) is 22.3 Å². The maximum atomic E-state index is 11.7. The number of phenolic OH excluding ortho intramolecular Hbond substituents is 2. The van der Waals surface area contributed by atoms with Crippen LogP contribution in [0.4, 0.5) is 0 Å². The fourth-order valence-corrected chi connectivity index (χ4v) is 3.09. The first-order valence-corrected chi connectivity index (χ1v) is 11.8. The van der Waals surface area contributed by atoms with Gasteiger partial charge in [0.25, 0.3) is 0 Å². The third kappa shape index (κ3) is 12.1. The standard InChI is InChI=1S/2C15H14N2O3.Cu.2H2O/c2*1-20-12-8-6-11(7-9-12)10-16-17-15(19)13-4-2-3-5-14(13)18;;;/h2*2-10,18H,1H3,(H,17,19);;2*1H2/q;;+2;;/p-2. The summed E-state index contributed by atoms with van der Waals surface area (Å²) in [5.74, 6) is 0.0799. The smallest absolute Gasteiger partial charge is 0.857 e. The monoisotopic (exact) mass is 637 g/mol. The van der Waals surface area contributed by atoms with E-state index in [0.29, 0.717) is 0 Å². The van der Waals surface area contributed by atoms with Crippen LogP contribution >= 0.6 is 0 Å². The molecule has 4 rings (SSSR count). The number of ether oxygens (including phenoxy) is 2. The van der Waals surface area contributed by atoms with Crippen LogP contribution < -0.4 is 19.7 Å². The summed E-state index contributed by atoms with van der Waals surface area (Å²) in [5, 5.41) is 56.9. The normalized spacial score (nSPS) is 10.9. The molecule has 229 valence electrons. The predicted octanol–water partition coefficient (Wildman–Crippen LogP) is 1.43. The average Bonchev–Trinajstić information content (AvgIpc) is 2.98. The molecule has 0 heterocycles. The van der Waals surface area contributed by atoms with Crippen molar-refractivity contribution in [2.75, 3.05) is 14.2 Å². The number of benzene rings is 4. The van der Waals surface area contributed by atoms with Gasteiger partial charge in [-0.2, -0.15) is 20.4 Å². The van der Waals surface area contributed by atoms with Gasteiger partial charge in [0, 0.05) is 22.9 Å². The summed E-state index contributed by atoms with van der Waals surface area (Å²) in [4.78, 5) is 0. The first-order chi connectivity index (χ1) is 19.4. The van der Waals surface area contributed by atoms with Gasteiger partial charge in [0.2, 0.25) is 0 Å². The quantitative estimate of drug-likeness (QED) is 0.126. The Morgan fingerprint density at radius 1 is 0.581 bits per heavy atom. The SMILES string of the molecule is COc1ccc(C=N/N=C(\[O-])c2ccccc2O)cc1.COc1ccc(C=N/N=C(\[O-])c2ccccc2O)cc1.O.O.[Cu+2]. The molecule has 1 radical (unpaired) electrons. The van der Waals surface area contributed by atoms with E-state index in [0.717, 1.165) is 22.6 Å². The van der Waals surface area contributed by atoms with Crippen molar-refractivity contribution >= 4 is 24.2 Å². The van der Waals surface area contributed by atoms with E-state index in [4.69, 9.17) is 9.47 Å². The van der Waals surface area contributed by atoms with Gasteiger partial charge >= 0.3 is 17.1 Å². The molecular formula is C30H30CuN4O8. The van der Waals surface area contributed by atoms with Gasteiger partial charge in [-0.25, -0.2) is 0 Å². The molecule has 0 atom stereocenters. The number of rotatable bonds is 8. The minimum atomic E-state index is -0.590. The molecule has 0 aromatic heterocycles. The molecule has 4 aromatic rings. The number of nitrogens with zero attached hydrogens (tertiary/aromatic N) is 4. The summed E-state index contributed by atoms with van der Waals surface area (Å²) >= 11 is 0. The molecule has 6 N–H and O–H groups in total. The topological polar surface area (TPSA) is 217 Å². The molecule has 13 heteroatoms. The van der Waals surface area contributed by atoms with Gasteiger partial charge in [-0.05, 0) is 71.8 Å². The molecule has 0 aliphatic heterocycles. The molecule has 0 amide bonds. The Balaban J connectivity index is 0.000000767. The van der Waals surface area contributed by atoms with Crippen LogP contribution in [0.15, 0.2) is 117 Å². The number of hydrogen-bond donors (Lipinski definition) is 2. The van der Waals surface area contributed by atoms with Crippen LogP contribution in [0.5, 0.6) is 23.0 Å². The summed E-state index contributed by atoms with van der Waals surface area (Å²) in [6, 6.07) is 26.7. The molecule has 0 aliphatic carbocycles. The Bertz CT molecular complexity index is 1390. The average molecular weight is 638 g/mol. The molecular weight excluding hydrogens is 608 g/mol. The minimum Gasteiger partial charge on any atom is -0.857 e. The first kappa shape index (κ1) is 37.8. The van der Waals surface area contributed by atoms with E-state index in [-0.39, 0.29) is 50.6 Å². The van der Waals surface area contributed by atoms with Crippen LogP contribution in [0.2, 0.25) is 0 Å². The molecule has 0 spiro atoms. The Labute approximate surface area is 258 Å². The summed E-state index contributed by atoms with van der Waals surface area (Å²) in [5.41, 5.74) is 1.83. The summed E-state index contributed by atoms with van der Waals surface area (Å²) in [6.07, 6.45) is 2.91. The Morgan fingerprint density at radius 2 is 0.907 bits per heavy atom. The van der Waals surface area contributed by atoms with E-state index in [1.54, 1.807) is 87.0 Å². The third-order valence-corrected chi connectivity index (χ3v) is 5.21. The van der Waals surface area contributed by atoms with Crippen molar-refractivity contribution in [1.29, 1.82) is 0 Å². The van der Waals surface area contributed by atoms with E-state index in [2.05, 4.69) is 20.4 Å². The van der Waals surface area contributed by atoms with E-state index in [1.807, 2.05) is 0 Å². The Hall–Kier alpha value is -5.20. The molecule has 0 aliphatic rings. The van der Waals surface area contributed by atoms with Crippen molar-refractivity contribution in [1.82, 2.24) is 0 Å². The number of phenols is 2. The fraction of sp³-hybridized carbons (Fsp3) is 0.0667. The number of para-hydroxylation sites is 2. The van der Waals surface area contributed by atoms with Gasteiger partial charge in [-0.1, -0.05) is 36.4 Å². The van der Waals surface area contributed by atoms with Crippen LogP contribution in [0.3, 0.4) is 0 Å². The second-order valence-electron chi connectivity index (χ2n) is 7.88. The largest absolute Gasteiger partial charge is 2.00 e. The molecule has 0 bridgehead atoms. The molecule has 0 fully saturated rings. The molecule has 0 unspecified atom stereocenters. The fourth-order valence-electron chi connectivity index (χ4n) is 3.09. The van der Waals surface area contributed by atoms with Crippen molar-refractivity contribution in [3.8, 4) is 23.0 Å². The molecule has 12 nitrogen and oxygen atoms in total. The van der Waals surface area contributed by atoms with Crippen LogP contribution in [0, 0.1) is 0 Å². The zero-order valence-corrected chi connectivity index (χ0v) is 24.0. The van der Waals surface area contributed by atoms with E-state index in [1.165, 1.54) is 36.7 Å². The van der Waals surface area contributed by atoms with Crippen molar-refractivity contribution in [3.63, 3.8) is 0 Å². The third-order valence-electron chi connectivity index (χ3n) is 5.21. The summed E-state index contributed by atoms with van der Waals surface area (Å²) in [6.45, 7) is 0. The van der Waals surface area contributed by atoms with Crippen molar-refractivity contribution in [3.05, 3.63) is 119 Å². The number of hydrogen-bond acceptors (Lipinski definition) is 10. The zero-order valence-electron chi connectivity index (χ0n) is 23.0. The van der Waals surface area contributed by atoms with Gasteiger partial charge < -0.3 is 40.9 Å². The van der Waals surface area contributed by atoms with E-state index < -0.39 is 11.8 Å². The Kier molecular flexibility index (Phi) is 17.4. The van der Waals surface area contributed by atoms with Crippen molar-refractivity contribution in [2.45, 2.75) is 0 Å². The maximum absolute atomic E-state index is 11.7. The van der Waals surface area contributed by atoms with Crippen LogP contribution in [-0.2, 0) is 17.1 Å². The van der Waals surface area contributed by atoms with Gasteiger partial charge in [-0.3, -0.25) is 0 Å². The van der Waals surface area contributed by atoms with Gasteiger partial charge in [0.15, 0.2) is 0 Å². The van der Waals surface area contributed by atoms with Gasteiger partial charge in [-0.15, -0.1) is 0 Å². The van der Waals surface area contributed by atoms with Crippen LogP contribution in [0.25, 0.3) is 0 Å². The van der Waals surface area contributed by atoms with E-state index >= 15 is 0 Å². The summed E-state index contributed by atoms with van der Waals surface area (Å²) in [7, 11) is 3.17. The Morgan fingerprint density at radius 3 is 1.21 bits per heavy atom. The first-order valence-electron chi connectivity index (χ1n) is 11.8. The molecule has 4 aromatic carbocycles. The second-order valence-corrected chi connectivity index (χ2v) is 7.88. The molecule has 43 heavy (non-hydrogen) atoms. The van der Waals surface area contributed by atoms with Gasteiger partial charge in [0.05, 0.1) is 26.6 Å². The predicted molar refractivity (Wildman–Crippen MR) is 158 cm³/mol.